The van der Waals surface area contributed by atoms with E-state index in [9.17, 15) is 4.79 Å². The van der Waals surface area contributed by atoms with Gasteiger partial charge in [-0.2, -0.15) is 0 Å². The van der Waals surface area contributed by atoms with E-state index in [0.717, 1.165) is 25.9 Å². The van der Waals surface area contributed by atoms with Gasteiger partial charge in [0.1, 0.15) is 0 Å². The van der Waals surface area contributed by atoms with Crippen molar-refractivity contribution in [2.45, 2.75) is 44.8 Å². The van der Waals surface area contributed by atoms with E-state index in [2.05, 4.69) is 12.2 Å². The van der Waals surface area contributed by atoms with Crippen molar-refractivity contribution in [3.05, 3.63) is 0 Å². The van der Waals surface area contributed by atoms with E-state index < -0.39 is 0 Å². The summed E-state index contributed by atoms with van der Waals surface area (Å²) in [5.41, 5.74) is 5.16. The lowest BCUT2D eigenvalue weighted by Gasteiger charge is -2.30. The van der Waals surface area contributed by atoms with Crippen LogP contribution in [0.4, 0.5) is 0 Å². The molecule has 86 valence electrons. The van der Waals surface area contributed by atoms with Crippen molar-refractivity contribution in [3.8, 4) is 0 Å². The average Bonchev–Trinajstić information content (AvgIpc) is 2.92. The maximum atomic E-state index is 12.0. The van der Waals surface area contributed by atoms with Gasteiger partial charge in [0, 0.05) is 13.2 Å². The smallest absolute Gasteiger partial charge is 0.228 e. The minimum atomic E-state index is -0.259. The van der Waals surface area contributed by atoms with Crippen LogP contribution in [0, 0.1) is 5.41 Å². The summed E-state index contributed by atoms with van der Waals surface area (Å²) in [5, 5.41) is 3.11. The Morgan fingerprint density at radius 3 is 2.60 bits per heavy atom. The molecule has 0 bridgehead atoms. The van der Waals surface area contributed by atoms with E-state index in [1.807, 2.05) is 6.92 Å². The van der Waals surface area contributed by atoms with Gasteiger partial charge in [-0.3, -0.25) is 4.79 Å². The first-order valence-electron chi connectivity index (χ1n) is 5.67. The fraction of sp³-hybridized carbons (Fsp3) is 0.909. The van der Waals surface area contributed by atoms with Crippen LogP contribution < -0.4 is 11.1 Å². The molecule has 15 heavy (non-hydrogen) atoms. The first-order chi connectivity index (χ1) is 7.02. The lowest BCUT2D eigenvalue weighted by molar-refractivity contribution is -0.128. The second-order valence-corrected chi connectivity index (χ2v) is 5.12. The number of carbonyl (C=O) groups excluding carboxylic acids is 1. The standard InChI is InChI=1S/C11H20N2O2/c1-8-10(2,5-6-15-8)13-9(14)11(7-12)3-4-11/h8H,3-7,12H2,1-2H3,(H,13,14). The molecule has 1 aliphatic carbocycles. The Labute approximate surface area is 90.5 Å². The molecule has 0 aromatic rings. The quantitative estimate of drug-likeness (QED) is 0.712. The summed E-state index contributed by atoms with van der Waals surface area (Å²) in [7, 11) is 0. The van der Waals surface area contributed by atoms with Gasteiger partial charge in [-0.25, -0.2) is 0 Å². The molecule has 0 aromatic carbocycles. The molecule has 1 saturated heterocycles. The number of hydrogen-bond acceptors (Lipinski definition) is 3. The number of hydrogen-bond donors (Lipinski definition) is 2. The molecule has 2 atom stereocenters. The zero-order valence-corrected chi connectivity index (χ0v) is 9.51. The van der Waals surface area contributed by atoms with Crippen molar-refractivity contribution in [2.24, 2.45) is 11.1 Å². The van der Waals surface area contributed by atoms with E-state index in [1.54, 1.807) is 0 Å². The number of amides is 1. The summed E-state index contributed by atoms with van der Waals surface area (Å²) in [6, 6.07) is 0. The van der Waals surface area contributed by atoms with Crippen molar-refractivity contribution in [2.75, 3.05) is 13.2 Å². The third kappa shape index (κ3) is 1.76. The molecule has 1 heterocycles. The van der Waals surface area contributed by atoms with Crippen molar-refractivity contribution in [1.82, 2.24) is 5.32 Å². The predicted molar refractivity (Wildman–Crippen MR) is 57.3 cm³/mol. The minimum Gasteiger partial charge on any atom is -0.376 e. The maximum Gasteiger partial charge on any atom is 0.228 e. The van der Waals surface area contributed by atoms with Crippen LogP contribution >= 0.6 is 0 Å². The third-order valence-electron chi connectivity index (χ3n) is 4.01. The second-order valence-electron chi connectivity index (χ2n) is 5.12. The zero-order valence-electron chi connectivity index (χ0n) is 9.51. The van der Waals surface area contributed by atoms with E-state index in [-0.39, 0.29) is 23.0 Å². The molecule has 1 aliphatic heterocycles. The summed E-state index contributed by atoms with van der Waals surface area (Å²) < 4.78 is 5.49. The van der Waals surface area contributed by atoms with Gasteiger partial charge in [-0.05, 0) is 33.1 Å². The molecule has 2 unspecified atom stereocenters. The van der Waals surface area contributed by atoms with Gasteiger partial charge >= 0.3 is 0 Å². The molecular weight excluding hydrogens is 192 g/mol. The number of nitrogens with two attached hydrogens (primary N) is 1. The molecule has 2 aliphatic rings. The van der Waals surface area contributed by atoms with Crippen LogP contribution in [-0.4, -0.2) is 30.7 Å². The van der Waals surface area contributed by atoms with E-state index in [0.29, 0.717) is 6.54 Å². The Balaban J connectivity index is 1.99. The summed E-state index contributed by atoms with van der Waals surface area (Å²) in [4.78, 5) is 12.0. The summed E-state index contributed by atoms with van der Waals surface area (Å²) >= 11 is 0. The Morgan fingerprint density at radius 1 is 1.53 bits per heavy atom. The highest BCUT2D eigenvalue weighted by Gasteiger charge is 2.51. The minimum absolute atomic E-state index is 0.0926. The topological polar surface area (TPSA) is 64.3 Å². The van der Waals surface area contributed by atoms with Gasteiger partial charge in [0.25, 0.3) is 0 Å². The number of nitrogens with one attached hydrogen (secondary N) is 1. The molecule has 1 saturated carbocycles. The molecule has 0 aromatic heterocycles. The van der Waals surface area contributed by atoms with Gasteiger partial charge in [0.15, 0.2) is 0 Å². The largest absolute Gasteiger partial charge is 0.376 e. The SMILES string of the molecule is CC1OCCC1(C)NC(=O)C1(CN)CC1. The van der Waals surface area contributed by atoms with Crippen LogP contribution in [0.1, 0.15) is 33.1 Å². The second kappa shape index (κ2) is 3.46. The van der Waals surface area contributed by atoms with E-state index in [4.69, 9.17) is 10.5 Å². The Morgan fingerprint density at radius 2 is 2.20 bits per heavy atom. The average molecular weight is 212 g/mol. The lowest BCUT2D eigenvalue weighted by Crippen LogP contribution is -2.53. The maximum absolute atomic E-state index is 12.0. The molecule has 0 radical (unpaired) electrons. The first kappa shape index (κ1) is 10.9. The summed E-state index contributed by atoms with van der Waals surface area (Å²) in [6.45, 7) is 5.25. The van der Waals surface area contributed by atoms with E-state index in [1.165, 1.54) is 0 Å². The van der Waals surface area contributed by atoms with Crippen LogP contribution in [0.5, 0.6) is 0 Å². The van der Waals surface area contributed by atoms with Crippen molar-refractivity contribution in [3.63, 3.8) is 0 Å². The number of carbonyl (C=O) groups is 1. The highest BCUT2D eigenvalue weighted by molar-refractivity contribution is 5.86. The van der Waals surface area contributed by atoms with Crippen molar-refractivity contribution >= 4 is 5.91 Å². The predicted octanol–water partition coefficient (Wildman–Crippen LogP) is 0.409. The van der Waals surface area contributed by atoms with Gasteiger partial charge in [0.05, 0.1) is 17.1 Å². The molecule has 1 amide bonds. The first-order valence-corrected chi connectivity index (χ1v) is 5.67. The molecule has 4 nitrogen and oxygen atoms in total. The summed E-state index contributed by atoms with van der Waals surface area (Å²) in [6.07, 6.45) is 2.84. The monoisotopic (exact) mass is 212 g/mol. The van der Waals surface area contributed by atoms with Gasteiger partial charge in [0.2, 0.25) is 5.91 Å². The fourth-order valence-corrected chi connectivity index (χ4v) is 2.07. The van der Waals surface area contributed by atoms with Crippen molar-refractivity contribution in [1.29, 1.82) is 0 Å². The molecule has 4 heteroatoms. The molecule has 0 spiro atoms. The summed E-state index contributed by atoms with van der Waals surface area (Å²) in [5.74, 6) is 0.116. The van der Waals surface area contributed by atoms with Gasteiger partial charge < -0.3 is 15.8 Å². The molecule has 2 fully saturated rings. The fourth-order valence-electron chi connectivity index (χ4n) is 2.07. The Hall–Kier alpha value is -0.610. The van der Waals surface area contributed by atoms with Gasteiger partial charge in [-0.15, -0.1) is 0 Å². The molecule has 3 N–H and O–H groups in total. The normalized spacial score (nSPS) is 37.7. The molecular formula is C11H20N2O2. The number of ether oxygens (including phenoxy) is 1. The Bertz CT molecular complexity index is 276. The number of rotatable bonds is 3. The van der Waals surface area contributed by atoms with Crippen LogP contribution in [0.2, 0.25) is 0 Å². The van der Waals surface area contributed by atoms with Crippen molar-refractivity contribution < 1.29 is 9.53 Å². The molecule has 2 rings (SSSR count). The van der Waals surface area contributed by atoms with Crippen LogP contribution in [0.15, 0.2) is 0 Å². The highest BCUT2D eigenvalue weighted by atomic mass is 16.5. The van der Waals surface area contributed by atoms with Gasteiger partial charge in [-0.1, -0.05) is 0 Å². The zero-order chi connectivity index (χ0) is 11.1. The van der Waals surface area contributed by atoms with E-state index >= 15 is 0 Å². The van der Waals surface area contributed by atoms with Crippen LogP contribution in [0.25, 0.3) is 0 Å². The van der Waals surface area contributed by atoms with Crippen LogP contribution in [-0.2, 0) is 9.53 Å². The third-order valence-corrected chi connectivity index (χ3v) is 4.01. The highest BCUT2D eigenvalue weighted by Crippen LogP contribution is 2.45. The van der Waals surface area contributed by atoms with Crippen LogP contribution in [0.3, 0.4) is 0 Å². The lowest BCUT2D eigenvalue weighted by atomic mass is 9.93. The Kier molecular flexibility index (Phi) is 2.51.